The first kappa shape index (κ1) is 12.4. The number of allylic oxidation sites excluding steroid dienone is 2. The fraction of sp³-hybridized carbons (Fsp3) is 0.455. The molecule has 0 saturated heterocycles. The van der Waals surface area contributed by atoms with Gasteiger partial charge in [-0.25, -0.2) is 0 Å². The third kappa shape index (κ3) is 2.00. The van der Waals surface area contributed by atoms with E-state index in [-0.39, 0.29) is 11.8 Å². The summed E-state index contributed by atoms with van der Waals surface area (Å²) in [4.78, 5) is 22.8. The van der Waals surface area contributed by atoms with Crippen LogP contribution in [0.2, 0.25) is 0 Å². The second-order valence-corrected chi connectivity index (χ2v) is 5.53. The minimum Gasteiger partial charge on any atom is -0.453 e. The van der Waals surface area contributed by atoms with Gasteiger partial charge in [0.2, 0.25) is 0 Å². The summed E-state index contributed by atoms with van der Waals surface area (Å²) < 4.78 is 4.48. The van der Waals surface area contributed by atoms with Crippen LogP contribution in [0.1, 0.15) is 20.3 Å². The molecule has 0 spiro atoms. The number of rotatable bonds is 3. The third-order valence-electron chi connectivity index (χ3n) is 2.51. The second-order valence-electron chi connectivity index (χ2n) is 3.69. The standard InChI is InChI=1S/C11H13IO3/c1-4-6-11(12)9(14)5-7-10(11,3)15-8(2)13/h4-5,7H,1,6H2,2-3H3. The van der Waals surface area contributed by atoms with Crippen molar-refractivity contribution in [2.75, 3.05) is 0 Å². The zero-order chi connectivity index (χ0) is 11.7. The van der Waals surface area contributed by atoms with E-state index in [1.165, 1.54) is 13.0 Å². The third-order valence-corrected chi connectivity index (χ3v) is 4.55. The molecule has 1 aliphatic rings. The minimum absolute atomic E-state index is 0.0354. The number of hydrogen-bond acceptors (Lipinski definition) is 3. The molecule has 2 atom stereocenters. The van der Waals surface area contributed by atoms with Crippen LogP contribution in [0.25, 0.3) is 0 Å². The summed E-state index contributed by atoms with van der Waals surface area (Å²) in [5, 5.41) is 0. The summed E-state index contributed by atoms with van der Waals surface area (Å²) >= 11 is 2.04. The lowest BCUT2D eigenvalue weighted by atomic mass is 9.88. The largest absolute Gasteiger partial charge is 0.453 e. The van der Waals surface area contributed by atoms with Gasteiger partial charge in [0.15, 0.2) is 5.78 Å². The van der Waals surface area contributed by atoms with Gasteiger partial charge < -0.3 is 4.74 Å². The summed E-state index contributed by atoms with van der Waals surface area (Å²) in [6.45, 7) is 6.71. The van der Waals surface area contributed by atoms with E-state index < -0.39 is 9.02 Å². The van der Waals surface area contributed by atoms with Crippen LogP contribution in [-0.4, -0.2) is 20.8 Å². The number of carbonyl (C=O) groups is 2. The Labute approximate surface area is 103 Å². The topological polar surface area (TPSA) is 43.4 Å². The first-order valence-electron chi connectivity index (χ1n) is 4.59. The molecule has 1 rings (SSSR count). The number of carbonyl (C=O) groups excluding carboxylic acids is 2. The summed E-state index contributed by atoms with van der Waals surface area (Å²) in [5.41, 5.74) is -0.870. The Morgan fingerprint density at radius 2 is 2.33 bits per heavy atom. The van der Waals surface area contributed by atoms with E-state index in [9.17, 15) is 9.59 Å². The predicted octanol–water partition coefficient (Wildman–Crippen LogP) is 2.20. The Bertz CT molecular complexity index is 348. The molecule has 0 fully saturated rings. The van der Waals surface area contributed by atoms with Crippen molar-refractivity contribution < 1.29 is 14.3 Å². The molecule has 0 amide bonds. The predicted molar refractivity (Wildman–Crippen MR) is 65.9 cm³/mol. The molecule has 0 saturated carbocycles. The fourth-order valence-electron chi connectivity index (χ4n) is 1.66. The van der Waals surface area contributed by atoms with Gasteiger partial charge in [-0.2, -0.15) is 0 Å². The first-order chi connectivity index (χ1) is 6.85. The van der Waals surface area contributed by atoms with Gasteiger partial charge in [-0.3, -0.25) is 9.59 Å². The summed E-state index contributed by atoms with van der Waals surface area (Å²) in [5.74, 6) is -0.422. The molecule has 2 unspecified atom stereocenters. The van der Waals surface area contributed by atoms with E-state index in [0.717, 1.165) is 0 Å². The van der Waals surface area contributed by atoms with Gasteiger partial charge in [0.1, 0.15) is 9.02 Å². The van der Waals surface area contributed by atoms with Gasteiger partial charge in [-0.1, -0.05) is 28.7 Å². The lowest BCUT2D eigenvalue weighted by Gasteiger charge is -2.36. The van der Waals surface area contributed by atoms with Crippen LogP contribution >= 0.6 is 22.6 Å². The summed E-state index contributed by atoms with van der Waals surface area (Å²) in [7, 11) is 0. The molecule has 0 aliphatic heterocycles. The molecule has 82 valence electrons. The molecule has 0 radical (unpaired) electrons. The number of hydrogen-bond donors (Lipinski definition) is 0. The molecule has 0 aromatic heterocycles. The minimum atomic E-state index is -0.870. The highest BCUT2D eigenvalue weighted by Gasteiger charge is 2.54. The number of esters is 1. The smallest absolute Gasteiger partial charge is 0.303 e. The normalized spacial score (nSPS) is 34.2. The maximum atomic E-state index is 11.7. The molecule has 0 bridgehead atoms. The van der Waals surface area contributed by atoms with Crippen LogP contribution in [0.4, 0.5) is 0 Å². The molecular weight excluding hydrogens is 307 g/mol. The number of ketones is 1. The highest BCUT2D eigenvalue weighted by atomic mass is 127. The highest BCUT2D eigenvalue weighted by molar-refractivity contribution is 14.1. The zero-order valence-electron chi connectivity index (χ0n) is 8.75. The van der Waals surface area contributed by atoms with E-state index >= 15 is 0 Å². The van der Waals surface area contributed by atoms with E-state index in [1.54, 1.807) is 19.1 Å². The van der Waals surface area contributed by atoms with Crippen molar-refractivity contribution in [1.82, 2.24) is 0 Å². The van der Waals surface area contributed by atoms with Crippen LogP contribution < -0.4 is 0 Å². The van der Waals surface area contributed by atoms with E-state index in [0.29, 0.717) is 6.42 Å². The average molecular weight is 320 g/mol. The molecule has 0 N–H and O–H groups in total. The Hall–Kier alpha value is -0.650. The Balaban J connectivity index is 3.06. The second kappa shape index (κ2) is 4.08. The van der Waals surface area contributed by atoms with Gasteiger partial charge in [0.25, 0.3) is 0 Å². The molecule has 0 heterocycles. The summed E-state index contributed by atoms with van der Waals surface area (Å²) in [6.07, 6.45) is 5.26. The van der Waals surface area contributed by atoms with E-state index in [2.05, 4.69) is 6.58 Å². The molecular formula is C11H13IO3. The van der Waals surface area contributed by atoms with Gasteiger partial charge in [-0.05, 0) is 25.5 Å². The number of alkyl halides is 1. The van der Waals surface area contributed by atoms with Gasteiger partial charge in [-0.15, -0.1) is 6.58 Å². The molecule has 1 aliphatic carbocycles. The monoisotopic (exact) mass is 320 g/mol. The highest BCUT2D eigenvalue weighted by Crippen LogP contribution is 2.44. The molecule has 15 heavy (non-hydrogen) atoms. The van der Waals surface area contributed by atoms with Crippen molar-refractivity contribution in [2.45, 2.75) is 29.3 Å². The van der Waals surface area contributed by atoms with Crippen molar-refractivity contribution in [1.29, 1.82) is 0 Å². The first-order valence-corrected chi connectivity index (χ1v) is 5.66. The van der Waals surface area contributed by atoms with Crippen LogP contribution in [0.3, 0.4) is 0 Å². The van der Waals surface area contributed by atoms with Crippen LogP contribution in [0.5, 0.6) is 0 Å². The molecule has 0 aromatic carbocycles. The zero-order valence-corrected chi connectivity index (χ0v) is 10.9. The van der Waals surface area contributed by atoms with Crippen LogP contribution in [0, 0.1) is 0 Å². The Morgan fingerprint density at radius 1 is 1.73 bits per heavy atom. The van der Waals surface area contributed by atoms with Crippen molar-refractivity contribution in [2.24, 2.45) is 0 Å². The maximum absolute atomic E-state index is 11.7. The Kier molecular flexibility index (Phi) is 3.38. The molecule has 3 nitrogen and oxygen atoms in total. The van der Waals surface area contributed by atoms with Gasteiger partial charge in [0.05, 0.1) is 0 Å². The van der Waals surface area contributed by atoms with Gasteiger partial charge in [0, 0.05) is 6.92 Å². The lowest BCUT2D eigenvalue weighted by Crippen LogP contribution is -2.49. The van der Waals surface area contributed by atoms with Crippen molar-refractivity contribution >= 4 is 34.3 Å². The summed E-state index contributed by atoms with van der Waals surface area (Å²) in [6, 6.07) is 0. The number of halogens is 1. The quantitative estimate of drug-likeness (QED) is 0.347. The number of ether oxygens (including phenoxy) is 1. The van der Waals surface area contributed by atoms with Gasteiger partial charge >= 0.3 is 5.97 Å². The Morgan fingerprint density at radius 3 is 2.80 bits per heavy atom. The molecule has 4 heteroatoms. The SMILES string of the molecule is C=CCC1(I)C(=O)C=CC1(C)OC(C)=O. The van der Waals surface area contributed by atoms with Crippen LogP contribution in [0.15, 0.2) is 24.8 Å². The van der Waals surface area contributed by atoms with Crippen LogP contribution in [-0.2, 0) is 14.3 Å². The van der Waals surface area contributed by atoms with E-state index in [1.807, 2.05) is 22.6 Å². The lowest BCUT2D eigenvalue weighted by molar-refractivity contribution is -0.153. The van der Waals surface area contributed by atoms with Crippen molar-refractivity contribution in [3.8, 4) is 0 Å². The van der Waals surface area contributed by atoms with Crippen molar-refractivity contribution in [3.63, 3.8) is 0 Å². The fourth-order valence-corrected chi connectivity index (χ4v) is 2.44. The maximum Gasteiger partial charge on any atom is 0.303 e. The molecule has 0 aromatic rings. The van der Waals surface area contributed by atoms with E-state index in [4.69, 9.17) is 4.74 Å². The van der Waals surface area contributed by atoms with Crippen molar-refractivity contribution in [3.05, 3.63) is 24.8 Å². The average Bonchev–Trinajstić information content (AvgIpc) is 2.30.